The molecule has 7 aromatic carbocycles. The van der Waals surface area contributed by atoms with Crippen molar-refractivity contribution < 1.29 is 25.8 Å². The Morgan fingerprint density at radius 3 is 1.33 bits per heavy atom. The van der Waals surface area contributed by atoms with Crippen molar-refractivity contribution in [2.45, 2.75) is 20.4 Å². The monoisotopic (exact) mass is 738 g/mol. The summed E-state index contributed by atoms with van der Waals surface area (Å²) >= 11 is 0. The van der Waals surface area contributed by atoms with Crippen LogP contribution in [0.5, 0.6) is 0 Å². The van der Waals surface area contributed by atoms with Gasteiger partial charge in [-0.15, -0.1) is 68.3 Å². The van der Waals surface area contributed by atoms with E-state index in [1.165, 1.54) is 70.5 Å². The van der Waals surface area contributed by atoms with Gasteiger partial charge in [0.1, 0.15) is 8.07 Å². The standard InChI is InChI=1S/C39H32Si.2CH3.Hf/c1-27-15-19-29(20-16-27)36-13-7-9-31-23-34(25-38(31)36)40(3,33-11-5-4-6-12-33)35-24-32-10-8-14-37(39(32)26-35)30-21-17-28(2)18-22-30;;;/h4-26H,1-3H3;2*1H3;/q-2;2*-1;+4. The molecule has 0 saturated heterocycles. The van der Waals surface area contributed by atoms with Crippen LogP contribution in [0.1, 0.15) is 11.1 Å². The molecule has 0 radical (unpaired) electrons. The van der Waals surface area contributed by atoms with Crippen molar-refractivity contribution in [3.63, 3.8) is 0 Å². The third kappa shape index (κ3) is 5.71. The number of fused-ring (bicyclic) bond motifs is 2. The van der Waals surface area contributed by atoms with E-state index in [-0.39, 0.29) is 40.7 Å². The fraction of sp³-hybridized carbons (Fsp3) is 0.0732. The van der Waals surface area contributed by atoms with Gasteiger partial charge in [-0.1, -0.05) is 125 Å². The third-order valence-corrected chi connectivity index (χ3v) is 13.1. The van der Waals surface area contributed by atoms with E-state index in [9.17, 15) is 0 Å². The van der Waals surface area contributed by atoms with Crippen LogP contribution in [0.4, 0.5) is 0 Å². The largest absolute Gasteiger partial charge is 4.00 e. The first kappa shape index (κ1) is 32.3. The molecule has 0 fully saturated rings. The predicted molar refractivity (Wildman–Crippen MR) is 189 cm³/mol. The van der Waals surface area contributed by atoms with Crippen molar-refractivity contribution in [2.75, 3.05) is 0 Å². The maximum Gasteiger partial charge on any atom is 4.00 e. The van der Waals surface area contributed by atoms with Crippen LogP contribution >= 0.6 is 0 Å². The molecule has 0 aromatic heterocycles. The molecular formula is C41H38HfSi. The first-order valence-corrected chi connectivity index (χ1v) is 16.6. The summed E-state index contributed by atoms with van der Waals surface area (Å²) in [6.45, 7) is 6.83. The number of benzene rings is 5. The number of aryl methyl sites for hydroxylation is 2. The van der Waals surface area contributed by atoms with Gasteiger partial charge in [0, 0.05) is 0 Å². The quantitative estimate of drug-likeness (QED) is 0.122. The number of rotatable bonds is 5. The Labute approximate surface area is 277 Å². The zero-order valence-corrected chi connectivity index (χ0v) is 30.4. The van der Waals surface area contributed by atoms with E-state index in [2.05, 4.69) is 160 Å². The molecule has 0 amide bonds. The van der Waals surface area contributed by atoms with Crippen molar-refractivity contribution in [3.8, 4) is 22.3 Å². The minimum atomic E-state index is -2.31. The van der Waals surface area contributed by atoms with Gasteiger partial charge in [-0.05, 0) is 25.0 Å². The molecule has 7 rings (SSSR count). The summed E-state index contributed by atoms with van der Waals surface area (Å²) in [6, 6.07) is 52.4. The fourth-order valence-electron chi connectivity index (χ4n) is 6.29. The fourth-order valence-corrected chi connectivity index (χ4v) is 9.90. The second kappa shape index (κ2) is 13.0. The van der Waals surface area contributed by atoms with Crippen molar-refractivity contribution in [1.82, 2.24) is 0 Å². The van der Waals surface area contributed by atoms with Gasteiger partial charge in [0.2, 0.25) is 0 Å². The van der Waals surface area contributed by atoms with Crippen LogP contribution in [0.25, 0.3) is 43.8 Å². The number of hydrogen-bond acceptors (Lipinski definition) is 0. The average Bonchev–Trinajstić information content (AvgIpc) is 3.63. The molecule has 43 heavy (non-hydrogen) atoms. The molecule has 0 N–H and O–H groups in total. The Kier molecular flexibility index (Phi) is 9.74. The smallest absolute Gasteiger partial charge is 0.358 e. The van der Waals surface area contributed by atoms with Crippen molar-refractivity contribution in [1.29, 1.82) is 0 Å². The van der Waals surface area contributed by atoms with Gasteiger partial charge in [0.15, 0.2) is 0 Å². The van der Waals surface area contributed by atoms with Gasteiger partial charge in [0.25, 0.3) is 0 Å². The molecular weight excluding hydrogens is 699 g/mol. The molecule has 0 heterocycles. The molecule has 0 saturated carbocycles. The minimum absolute atomic E-state index is 0. The molecule has 0 aliphatic carbocycles. The summed E-state index contributed by atoms with van der Waals surface area (Å²) in [5, 5.41) is 9.67. The SMILES string of the molecule is Cc1ccc(-c2cccc3[cH-]c([Si](C)(c4ccccc4)c4cc5c(-c6ccc(C)cc6)cccc5[cH-]4)cc23)cc1.[CH3-].[CH3-].[Hf+4]. The summed E-state index contributed by atoms with van der Waals surface area (Å²) in [6.07, 6.45) is 0. The molecule has 7 aromatic rings. The van der Waals surface area contributed by atoms with E-state index in [0.29, 0.717) is 0 Å². The van der Waals surface area contributed by atoms with Crippen LogP contribution in [0.15, 0.2) is 140 Å². The maximum absolute atomic E-state index is 2.53. The Morgan fingerprint density at radius 2 is 0.907 bits per heavy atom. The minimum Gasteiger partial charge on any atom is -0.358 e. The Balaban J connectivity index is 0.00000141. The molecule has 2 heteroatoms. The molecule has 0 atom stereocenters. The second-order valence-electron chi connectivity index (χ2n) is 11.3. The zero-order chi connectivity index (χ0) is 27.3. The van der Waals surface area contributed by atoms with Crippen LogP contribution in [-0.2, 0) is 25.8 Å². The van der Waals surface area contributed by atoms with E-state index in [1.807, 2.05) is 0 Å². The number of hydrogen-bond donors (Lipinski definition) is 0. The summed E-state index contributed by atoms with van der Waals surface area (Å²) < 4.78 is 0. The van der Waals surface area contributed by atoms with E-state index in [0.717, 1.165) is 0 Å². The van der Waals surface area contributed by atoms with E-state index in [1.54, 1.807) is 0 Å². The van der Waals surface area contributed by atoms with Crippen LogP contribution in [0.3, 0.4) is 0 Å². The van der Waals surface area contributed by atoms with E-state index < -0.39 is 8.07 Å². The second-order valence-corrected chi connectivity index (χ2v) is 15.3. The van der Waals surface area contributed by atoms with Crippen LogP contribution in [-0.4, -0.2) is 8.07 Å². The first-order valence-electron chi connectivity index (χ1n) is 14.1. The average molecular weight is 737 g/mol. The van der Waals surface area contributed by atoms with E-state index >= 15 is 0 Å². The Bertz CT molecular complexity index is 1830. The van der Waals surface area contributed by atoms with Gasteiger partial charge < -0.3 is 14.9 Å². The molecule has 0 bridgehead atoms. The topological polar surface area (TPSA) is 0 Å². The van der Waals surface area contributed by atoms with Gasteiger partial charge in [-0.2, -0.15) is 12.1 Å². The maximum atomic E-state index is 2.53. The van der Waals surface area contributed by atoms with Crippen LogP contribution in [0.2, 0.25) is 6.55 Å². The summed E-state index contributed by atoms with van der Waals surface area (Å²) in [7, 11) is -2.31. The molecule has 0 aliphatic rings. The van der Waals surface area contributed by atoms with Gasteiger partial charge in [0.05, 0.1) is 0 Å². The Morgan fingerprint density at radius 1 is 0.488 bits per heavy atom. The van der Waals surface area contributed by atoms with Crippen molar-refractivity contribution >= 4 is 45.2 Å². The zero-order valence-electron chi connectivity index (χ0n) is 25.8. The van der Waals surface area contributed by atoms with Gasteiger partial charge in [-0.25, -0.2) is 0 Å². The molecule has 210 valence electrons. The molecule has 0 spiro atoms. The van der Waals surface area contributed by atoms with Crippen molar-refractivity contribution in [3.05, 3.63) is 166 Å². The van der Waals surface area contributed by atoms with Gasteiger partial charge >= 0.3 is 25.8 Å². The van der Waals surface area contributed by atoms with E-state index in [4.69, 9.17) is 0 Å². The van der Waals surface area contributed by atoms with Crippen molar-refractivity contribution in [2.24, 2.45) is 0 Å². The predicted octanol–water partition coefficient (Wildman–Crippen LogP) is 9.38. The van der Waals surface area contributed by atoms with Crippen LogP contribution in [0, 0.1) is 28.7 Å². The molecule has 0 aliphatic heterocycles. The third-order valence-electron chi connectivity index (χ3n) is 8.73. The van der Waals surface area contributed by atoms with Crippen LogP contribution < -0.4 is 15.6 Å². The molecule has 0 unspecified atom stereocenters. The summed E-state index contributed by atoms with van der Waals surface area (Å²) in [5.74, 6) is 0. The normalized spacial score (nSPS) is 11.0. The summed E-state index contributed by atoms with van der Waals surface area (Å²) in [5.41, 5.74) is 7.74. The summed E-state index contributed by atoms with van der Waals surface area (Å²) in [4.78, 5) is 0. The van der Waals surface area contributed by atoms with Gasteiger partial charge in [-0.3, -0.25) is 0 Å². The Hall–Kier alpha value is -3.59. The molecule has 0 nitrogen and oxygen atoms in total. The first-order chi connectivity index (χ1) is 19.5.